The second kappa shape index (κ2) is 6.74. The van der Waals surface area contributed by atoms with Gasteiger partial charge in [-0.25, -0.2) is 8.42 Å². The van der Waals surface area contributed by atoms with E-state index < -0.39 is 10.0 Å². The lowest BCUT2D eigenvalue weighted by Gasteiger charge is -2.48. The van der Waals surface area contributed by atoms with Gasteiger partial charge in [-0.2, -0.15) is 4.31 Å². The average Bonchev–Trinajstić information content (AvgIpc) is 2.97. The highest BCUT2D eigenvalue weighted by molar-refractivity contribution is 7.91. The minimum absolute atomic E-state index is 0.0612. The van der Waals surface area contributed by atoms with Crippen molar-refractivity contribution in [3.8, 4) is 0 Å². The Kier molecular flexibility index (Phi) is 5.01. The third kappa shape index (κ3) is 3.24. The van der Waals surface area contributed by atoms with Crippen LogP contribution >= 0.6 is 11.3 Å². The molecular formula is C16H25N3O3S2. The van der Waals surface area contributed by atoms with Crippen molar-refractivity contribution in [1.82, 2.24) is 14.5 Å². The largest absolute Gasteiger partial charge is 0.356 e. The molecule has 1 atom stereocenters. The Morgan fingerprint density at radius 3 is 2.79 bits per heavy atom. The molecule has 2 fully saturated rings. The molecule has 1 N–H and O–H groups in total. The number of sulfonamides is 1. The maximum absolute atomic E-state index is 13.0. The van der Waals surface area contributed by atoms with Gasteiger partial charge in [-0.15, -0.1) is 11.3 Å². The molecule has 2 aliphatic heterocycles. The SMILES string of the molecule is CCc1ccc(S(=O)(=O)N2CCN(C)[C@]3(CCNC(=O)CC3)C2)s1. The molecule has 8 heteroatoms. The number of hydrogen-bond donors (Lipinski definition) is 1. The van der Waals surface area contributed by atoms with E-state index in [9.17, 15) is 13.2 Å². The molecule has 0 radical (unpaired) electrons. The zero-order valence-electron chi connectivity index (χ0n) is 14.2. The average molecular weight is 372 g/mol. The maximum Gasteiger partial charge on any atom is 0.252 e. The van der Waals surface area contributed by atoms with Crippen molar-refractivity contribution in [3.63, 3.8) is 0 Å². The second-order valence-electron chi connectivity index (χ2n) is 6.66. The summed E-state index contributed by atoms with van der Waals surface area (Å²) < 4.78 is 28.1. The van der Waals surface area contributed by atoms with Crippen LogP contribution in [-0.2, 0) is 21.2 Å². The standard InChI is InChI=1S/C16H25N3O3S2/c1-3-13-4-5-15(23-13)24(21,22)19-11-10-18(2)16(12-19)7-6-14(20)17-9-8-16/h4-5H,3,6-12H2,1-2H3,(H,17,20)/t16-/m1/s1. The first kappa shape index (κ1) is 17.8. The van der Waals surface area contributed by atoms with Crippen LogP contribution in [0, 0.1) is 0 Å². The predicted molar refractivity (Wildman–Crippen MR) is 94.7 cm³/mol. The van der Waals surface area contributed by atoms with E-state index in [1.165, 1.54) is 11.3 Å². The molecule has 0 bridgehead atoms. The van der Waals surface area contributed by atoms with Crippen molar-refractivity contribution in [1.29, 1.82) is 0 Å². The molecule has 6 nitrogen and oxygen atoms in total. The van der Waals surface area contributed by atoms with Gasteiger partial charge in [0.1, 0.15) is 4.21 Å². The maximum atomic E-state index is 13.0. The molecule has 1 aromatic heterocycles. The van der Waals surface area contributed by atoms with Gasteiger partial charge in [0.05, 0.1) is 0 Å². The van der Waals surface area contributed by atoms with E-state index in [-0.39, 0.29) is 11.4 Å². The van der Waals surface area contributed by atoms with Gasteiger partial charge < -0.3 is 5.32 Å². The highest BCUT2D eigenvalue weighted by Crippen LogP contribution is 2.34. The number of piperazine rings is 1. The van der Waals surface area contributed by atoms with E-state index in [0.29, 0.717) is 43.2 Å². The van der Waals surface area contributed by atoms with Gasteiger partial charge in [0, 0.05) is 43.0 Å². The van der Waals surface area contributed by atoms with E-state index in [4.69, 9.17) is 0 Å². The summed E-state index contributed by atoms with van der Waals surface area (Å²) in [6.07, 6.45) is 2.79. The molecule has 134 valence electrons. The lowest BCUT2D eigenvalue weighted by molar-refractivity contribution is -0.121. The third-order valence-corrected chi connectivity index (χ3v) is 8.82. The van der Waals surface area contributed by atoms with E-state index in [1.54, 1.807) is 10.4 Å². The van der Waals surface area contributed by atoms with Gasteiger partial charge in [-0.3, -0.25) is 9.69 Å². The van der Waals surface area contributed by atoms with Gasteiger partial charge in [-0.05, 0) is 38.4 Å². The minimum Gasteiger partial charge on any atom is -0.356 e. The molecule has 0 unspecified atom stereocenters. The first-order valence-electron chi connectivity index (χ1n) is 8.44. The summed E-state index contributed by atoms with van der Waals surface area (Å²) in [4.78, 5) is 15.0. The Bertz CT molecular complexity index is 716. The summed E-state index contributed by atoms with van der Waals surface area (Å²) in [5.41, 5.74) is -0.255. The van der Waals surface area contributed by atoms with Crippen LogP contribution in [0.3, 0.4) is 0 Å². The van der Waals surface area contributed by atoms with Crippen LogP contribution in [0.5, 0.6) is 0 Å². The molecule has 3 heterocycles. The number of carbonyl (C=O) groups excluding carboxylic acids is 1. The van der Waals surface area contributed by atoms with Crippen molar-refractivity contribution >= 4 is 27.3 Å². The summed E-state index contributed by atoms with van der Waals surface area (Å²) in [7, 11) is -1.41. The Labute approximate surface area is 147 Å². The monoisotopic (exact) mass is 371 g/mol. The Balaban J connectivity index is 1.85. The van der Waals surface area contributed by atoms with Crippen LogP contribution in [0.1, 0.15) is 31.1 Å². The number of amides is 1. The van der Waals surface area contributed by atoms with Crippen molar-refractivity contribution in [2.75, 3.05) is 33.2 Å². The zero-order chi connectivity index (χ0) is 17.4. The Morgan fingerprint density at radius 2 is 2.08 bits per heavy atom. The highest BCUT2D eigenvalue weighted by Gasteiger charge is 2.44. The molecule has 1 aromatic rings. The van der Waals surface area contributed by atoms with Crippen LogP contribution in [-0.4, -0.2) is 62.3 Å². The summed E-state index contributed by atoms with van der Waals surface area (Å²) >= 11 is 1.36. The van der Waals surface area contributed by atoms with Gasteiger partial charge in [0.25, 0.3) is 10.0 Å². The number of carbonyl (C=O) groups is 1. The van der Waals surface area contributed by atoms with Crippen LogP contribution in [0.2, 0.25) is 0 Å². The molecule has 0 aliphatic carbocycles. The molecular weight excluding hydrogens is 346 g/mol. The minimum atomic E-state index is -3.46. The van der Waals surface area contributed by atoms with Crippen LogP contribution in [0.25, 0.3) is 0 Å². The molecule has 24 heavy (non-hydrogen) atoms. The number of nitrogens with one attached hydrogen (secondary N) is 1. The zero-order valence-corrected chi connectivity index (χ0v) is 15.9. The van der Waals surface area contributed by atoms with Gasteiger partial charge in [-0.1, -0.05) is 6.92 Å². The topological polar surface area (TPSA) is 69.7 Å². The molecule has 2 aliphatic rings. The van der Waals surface area contributed by atoms with Crippen LogP contribution < -0.4 is 5.32 Å². The number of rotatable bonds is 3. The Hall–Kier alpha value is -0.960. The molecule has 0 saturated carbocycles. The molecule has 0 aromatic carbocycles. The van der Waals surface area contributed by atoms with E-state index in [1.807, 2.05) is 20.0 Å². The van der Waals surface area contributed by atoms with Crippen molar-refractivity contribution < 1.29 is 13.2 Å². The summed E-state index contributed by atoms with van der Waals surface area (Å²) in [6, 6.07) is 3.62. The van der Waals surface area contributed by atoms with E-state index in [0.717, 1.165) is 17.7 Å². The lowest BCUT2D eigenvalue weighted by Crippen LogP contribution is -2.62. The quantitative estimate of drug-likeness (QED) is 0.869. The van der Waals surface area contributed by atoms with Gasteiger partial charge >= 0.3 is 0 Å². The van der Waals surface area contributed by atoms with Crippen LogP contribution in [0.15, 0.2) is 16.3 Å². The first-order valence-corrected chi connectivity index (χ1v) is 10.7. The fraction of sp³-hybridized carbons (Fsp3) is 0.688. The van der Waals surface area contributed by atoms with E-state index >= 15 is 0 Å². The number of thiophene rings is 1. The number of hydrogen-bond acceptors (Lipinski definition) is 5. The normalized spacial score (nSPS) is 27.2. The number of likely N-dealkylation sites (N-methyl/N-ethyl adjacent to an activating group) is 1. The fourth-order valence-electron chi connectivity index (χ4n) is 3.58. The van der Waals surface area contributed by atoms with Gasteiger partial charge in [0.2, 0.25) is 5.91 Å². The van der Waals surface area contributed by atoms with Gasteiger partial charge in [0.15, 0.2) is 0 Å². The molecule has 1 spiro atoms. The fourth-order valence-corrected chi connectivity index (χ4v) is 6.54. The lowest BCUT2D eigenvalue weighted by atomic mass is 9.87. The first-order chi connectivity index (χ1) is 11.4. The van der Waals surface area contributed by atoms with Crippen molar-refractivity contribution in [2.24, 2.45) is 0 Å². The van der Waals surface area contributed by atoms with E-state index in [2.05, 4.69) is 10.2 Å². The molecule has 1 amide bonds. The Morgan fingerprint density at radius 1 is 1.29 bits per heavy atom. The summed E-state index contributed by atoms with van der Waals surface area (Å²) in [5.74, 6) is 0.0612. The number of nitrogens with zero attached hydrogens (tertiary/aromatic N) is 2. The van der Waals surface area contributed by atoms with Crippen molar-refractivity contribution in [3.05, 3.63) is 17.0 Å². The summed E-state index contributed by atoms with van der Waals surface area (Å²) in [6.45, 7) is 4.29. The van der Waals surface area contributed by atoms with Crippen molar-refractivity contribution in [2.45, 2.75) is 42.4 Å². The van der Waals surface area contributed by atoms with Crippen LogP contribution in [0.4, 0.5) is 0 Å². The predicted octanol–water partition coefficient (Wildman–Crippen LogP) is 1.29. The highest BCUT2D eigenvalue weighted by atomic mass is 32.2. The number of aryl methyl sites for hydroxylation is 1. The third-order valence-electron chi connectivity index (χ3n) is 5.27. The summed E-state index contributed by atoms with van der Waals surface area (Å²) in [5, 5.41) is 2.90. The molecule has 2 saturated heterocycles. The molecule has 3 rings (SSSR count). The smallest absolute Gasteiger partial charge is 0.252 e. The second-order valence-corrected chi connectivity index (χ2v) is 9.99.